The first-order valence-electron chi connectivity index (χ1n) is 9.60. The Labute approximate surface area is 161 Å². The van der Waals surface area contributed by atoms with E-state index in [9.17, 15) is 4.79 Å². The maximum Gasteiger partial charge on any atom is 0.247 e. The summed E-state index contributed by atoms with van der Waals surface area (Å²) in [5, 5.41) is 1.06. The van der Waals surface area contributed by atoms with Crippen LogP contribution in [0, 0.1) is 0 Å². The summed E-state index contributed by atoms with van der Waals surface area (Å²) in [4.78, 5) is 15.3. The van der Waals surface area contributed by atoms with Gasteiger partial charge in [-0.15, -0.1) is 0 Å². The van der Waals surface area contributed by atoms with Crippen LogP contribution >= 0.6 is 23.2 Å². The van der Waals surface area contributed by atoms with Crippen molar-refractivity contribution in [2.75, 3.05) is 0 Å². The van der Waals surface area contributed by atoms with Gasteiger partial charge in [-0.25, -0.2) is 0 Å². The number of nitrogens with zero attached hydrogens (tertiary/aromatic N) is 1. The molecular formula is C21H27Cl2NO. The third-order valence-corrected chi connectivity index (χ3v) is 6.29. The van der Waals surface area contributed by atoms with E-state index in [1.54, 1.807) is 18.2 Å². The Balaban J connectivity index is 1.75. The van der Waals surface area contributed by atoms with Crippen molar-refractivity contribution in [1.29, 1.82) is 0 Å². The Morgan fingerprint density at radius 3 is 1.96 bits per heavy atom. The van der Waals surface area contributed by atoms with Crippen LogP contribution in [-0.2, 0) is 4.79 Å². The Bertz CT molecular complexity index is 598. The van der Waals surface area contributed by atoms with Crippen LogP contribution in [0.2, 0.25) is 10.0 Å². The molecule has 1 amide bonds. The van der Waals surface area contributed by atoms with Crippen molar-refractivity contribution < 1.29 is 4.79 Å². The Morgan fingerprint density at radius 2 is 1.44 bits per heavy atom. The molecule has 0 heterocycles. The maximum absolute atomic E-state index is 13.0. The first-order chi connectivity index (χ1) is 12.1. The zero-order valence-corrected chi connectivity index (χ0v) is 16.2. The molecule has 1 aromatic carbocycles. The predicted molar refractivity (Wildman–Crippen MR) is 106 cm³/mol. The van der Waals surface area contributed by atoms with E-state index in [2.05, 4.69) is 4.90 Å². The fraction of sp³-hybridized carbons (Fsp3) is 0.571. The van der Waals surface area contributed by atoms with Crippen molar-refractivity contribution in [3.8, 4) is 0 Å². The minimum atomic E-state index is 0.157. The second-order valence-corrected chi connectivity index (χ2v) is 8.15. The van der Waals surface area contributed by atoms with Crippen molar-refractivity contribution in [2.45, 2.75) is 76.3 Å². The number of halogens is 2. The van der Waals surface area contributed by atoms with Crippen LogP contribution in [-0.4, -0.2) is 22.9 Å². The van der Waals surface area contributed by atoms with Gasteiger partial charge in [0.15, 0.2) is 0 Å². The molecule has 0 atom stereocenters. The zero-order valence-electron chi connectivity index (χ0n) is 14.7. The van der Waals surface area contributed by atoms with Crippen LogP contribution in [0.15, 0.2) is 24.3 Å². The van der Waals surface area contributed by atoms with Gasteiger partial charge in [0.2, 0.25) is 5.91 Å². The quantitative estimate of drug-likeness (QED) is 0.546. The van der Waals surface area contributed by atoms with Crippen LogP contribution < -0.4 is 0 Å². The van der Waals surface area contributed by atoms with E-state index in [1.165, 1.54) is 38.5 Å². The molecule has 2 aliphatic carbocycles. The normalized spacial score (nSPS) is 20.1. The van der Waals surface area contributed by atoms with E-state index in [0.29, 0.717) is 22.1 Å². The molecule has 3 rings (SSSR count). The number of hydrogen-bond acceptors (Lipinski definition) is 1. The Morgan fingerprint density at radius 1 is 0.880 bits per heavy atom. The fourth-order valence-corrected chi connectivity index (χ4v) is 4.55. The van der Waals surface area contributed by atoms with Gasteiger partial charge in [-0.05, 0) is 49.5 Å². The highest BCUT2D eigenvalue weighted by Crippen LogP contribution is 2.30. The van der Waals surface area contributed by atoms with Crippen molar-refractivity contribution >= 4 is 35.2 Å². The molecule has 136 valence electrons. The standard InChI is InChI=1S/C21H27Cl2NO/c22-19-13-11-16(15-20(19)23)12-14-21(25)24(17-7-3-1-4-8-17)18-9-5-2-6-10-18/h11-15,17-18H,1-10H2/b14-12+. The third-order valence-electron chi connectivity index (χ3n) is 5.55. The fourth-order valence-electron chi connectivity index (χ4n) is 4.25. The van der Waals surface area contributed by atoms with Gasteiger partial charge in [0.1, 0.15) is 0 Å². The summed E-state index contributed by atoms with van der Waals surface area (Å²) in [7, 11) is 0. The SMILES string of the molecule is O=C(/C=C/c1ccc(Cl)c(Cl)c1)N(C1CCCCC1)C1CCCCC1. The molecule has 0 saturated heterocycles. The molecule has 25 heavy (non-hydrogen) atoms. The smallest absolute Gasteiger partial charge is 0.247 e. The Kier molecular flexibility index (Phi) is 6.84. The van der Waals surface area contributed by atoms with Gasteiger partial charge in [0.05, 0.1) is 10.0 Å². The molecule has 2 saturated carbocycles. The van der Waals surface area contributed by atoms with E-state index in [1.807, 2.05) is 12.1 Å². The van der Waals surface area contributed by atoms with Gasteiger partial charge >= 0.3 is 0 Å². The number of rotatable bonds is 4. The van der Waals surface area contributed by atoms with Crippen LogP contribution in [0.5, 0.6) is 0 Å². The second-order valence-electron chi connectivity index (χ2n) is 7.34. The molecule has 1 aromatic rings. The average Bonchev–Trinajstić information content (AvgIpc) is 2.65. The summed E-state index contributed by atoms with van der Waals surface area (Å²) >= 11 is 12.0. The van der Waals surface area contributed by atoms with Crippen LogP contribution in [0.3, 0.4) is 0 Å². The van der Waals surface area contributed by atoms with E-state index in [0.717, 1.165) is 31.2 Å². The van der Waals surface area contributed by atoms with Gasteiger partial charge in [-0.3, -0.25) is 4.79 Å². The summed E-state index contributed by atoms with van der Waals surface area (Å²) in [5.74, 6) is 0.157. The predicted octanol–water partition coefficient (Wildman–Crippen LogP) is 6.50. The number of hydrogen-bond donors (Lipinski definition) is 0. The summed E-state index contributed by atoms with van der Waals surface area (Å²) < 4.78 is 0. The topological polar surface area (TPSA) is 20.3 Å². The molecule has 0 bridgehead atoms. The molecule has 4 heteroatoms. The van der Waals surface area contributed by atoms with Gasteiger partial charge < -0.3 is 4.90 Å². The van der Waals surface area contributed by atoms with Gasteiger partial charge in [0.25, 0.3) is 0 Å². The zero-order chi connectivity index (χ0) is 17.6. The largest absolute Gasteiger partial charge is 0.333 e. The summed E-state index contributed by atoms with van der Waals surface area (Å²) in [5.41, 5.74) is 0.912. The molecule has 0 unspecified atom stereocenters. The lowest BCUT2D eigenvalue weighted by Gasteiger charge is -2.41. The number of amides is 1. The number of carbonyl (C=O) groups excluding carboxylic acids is 1. The molecule has 0 spiro atoms. The first-order valence-corrected chi connectivity index (χ1v) is 10.4. The average molecular weight is 380 g/mol. The van der Waals surface area contributed by atoms with Gasteiger partial charge in [-0.2, -0.15) is 0 Å². The maximum atomic E-state index is 13.0. The highest BCUT2D eigenvalue weighted by atomic mass is 35.5. The van der Waals surface area contributed by atoms with Crippen LogP contribution in [0.1, 0.15) is 69.8 Å². The Hall–Kier alpha value is -0.990. The minimum Gasteiger partial charge on any atom is -0.333 e. The van der Waals surface area contributed by atoms with E-state index in [-0.39, 0.29) is 5.91 Å². The monoisotopic (exact) mass is 379 g/mol. The van der Waals surface area contributed by atoms with E-state index in [4.69, 9.17) is 23.2 Å². The number of carbonyl (C=O) groups is 1. The summed E-state index contributed by atoms with van der Waals surface area (Å²) in [6, 6.07) is 6.31. The molecule has 2 fully saturated rings. The molecule has 2 nitrogen and oxygen atoms in total. The lowest BCUT2D eigenvalue weighted by Crippen LogP contribution is -2.48. The second kappa shape index (κ2) is 9.09. The molecule has 0 aliphatic heterocycles. The van der Waals surface area contributed by atoms with Crippen molar-refractivity contribution in [1.82, 2.24) is 4.90 Å². The molecule has 0 radical (unpaired) electrons. The van der Waals surface area contributed by atoms with Crippen molar-refractivity contribution in [2.24, 2.45) is 0 Å². The number of benzene rings is 1. The van der Waals surface area contributed by atoms with E-state index >= 15 is 0 Å². The summed E-state index contributed by atoms with van der Waals surface area (Å²) in [6.45, 7) is 0. The molecule has 0 aromatic heterocycles. The highest BCUT2D eigenvalue weighted by Gasteiger charge is 2.31. The minimum absolute atomic E-state index is 0.157. The lowest BCUT2D eigenvalue weighted by atomic mass is 9.88. The van der Waals surface area contributed by atoms with Gasteiger partial charge in [0, 0.05) is 18.2 Å². The highest BCUT2D eigenvalue weighted by molar-refractivity contribution is 6.42. The lowest BCUT2D eigenvalue weighted by molar-refractivity contribution is -0.132. The molecule has 2 aliphatic rings. The van der Waals surface area contributed by atoms with Crippen LogP contribution in [0.25, 0.3) is 6.08 Å². The van der Waals surface area contributed by atoms with Gasteiger partial charge in [-0.1, -0.05) is 67.8 Å². The first kappa shape index (κ1) is 18.8. The van der Waals surface area contributed by atoms with E-state index < -0.39 is 0 Å². The third kappa shape index (κ3) is 5.01. The summed E-state index contributed by atoms with van der Waals surface area (Å²) in [6.07, 6.45) is 15.8. The van der Waals surface area contributed by atoms with Crippen molar-refractivity contribution in [3.63, 3.8) is 0 Å². The molecule has 0 N–H and O–H groups in total. The van der Waals surface area contributed by atoms with Crippen molar-refractivity contribution in [3.05, 3.63) is 39.9 Å². The van der Waals surface area contributed by atoms with Crippen LogP contribution in [0.4, 0.5) is 0 Å². The molecular weight excluding hydrogens is 353 g/mol.